The first-order valence-corrected chi connectivity index (χ1v) is 7.43. The highest BCUT2D eigenvalue weighted by Crippen LogP contribution is 2.41. The van der Waals surface area contributed by atoms with E-state index in [2.05, 4.69) is 0 Å². The van der Waals surface area contributed by atoms with Crippen LogP contribution >= 0.6 is 0 Å². The number of aryl methyl sites for hydroxylation is 1. The molecule has 0 fully saturated rings. The third-order valence-electron chi connectivity index (χ3n) is 4.01. The first-order chi connectivity index (χ1) is 11.4. The normalized spacial score (nSPS) is 14.5. The van der Waals surface area contributed by atoms with Crippen LogP contribution in [0.3, 0.4) is 0 Å². The van der Waals surface area contributed by atoms with Crippen LogP contribution in [0.25, 0.3) is 17.2 Å². The average molecular weight is 355 g/mol. The molecular weight excluding hydrogens is 342 g/mol. The van der Waals surface area contributed by atoms with Crippen LogP contribution in [0, 0.1) is 13.3 Å². The second kappa shape index (κ2) is 5.64. The third kappa shape index (κ3) is 3.43. The van der Waals surface area contributed by atoms with E-state index < -0.39 is 23.5 Å². The lowest BCUT2D eigenvalue weighted by Gasteiger charge is -2.16. The fourth-order valence-corrected chi connectivity index (χ4v) is 2.97. The van der Waals surface area contributed by atoms with Gasteiger partial charge in [-0.05, 0) is 54.3 Å². The van der Waals surface area contributed by atoms with E-state index in [0.29, 0.717) is 11.1 Å². The Hall–Kier alpha value is -2.24. The Bertz CT molecular complexity index is 836. The lowest BCUT2D eigenvalue weighted by molar-refractivity contribution is -0.143. The molecule has 6 heteroatoms. The number of alkyl halides is 6. The highest BCUT2D eigenvalue weighted by atomic mass is 19.4. The van der Waals surface area contributed by atoms with Crippen molar-refractivity contribution in [2.75, 3.05) is 0 Å². The minimum Gasteiger partial charge on any atom is -0.166 e. The van der Waals surface area contributed by atoms with Crippen LogP contribution in [0.1, 0.15) is 34.7 Å². The van der Waals surface area contributed by atoms with Crippen molar-refractivity contribution in [2.45, 2.75) is 26.2 Å². The van der Waals surface area contributed by atoms with Gasteiger partial charge in [-0.2, -0.15) is 26.3 Å². The number of allylic oxidation sites excluding steroid dienone is 1. The molecule has 0 aliphatic heterocycles. The molecule has 0 aromatic heterocycles. The molecule has 131 valence electrons. The van der Waals surface area contributed by atoms with Gasteiger partial charge < -0.3 is 0 Å². The van der Waals surface area contributed by atoms with E-state index in [0.717, 1.165) is 28.8 Å². The van der Waals surface area contributed by atoms with Gasteiger partial charge in [-0.25, -0.2) is 0 Å². The second-order valence-corrected chi connectivity index (χ2v) is 6.14. The van der Waals surface area contributed by atoms with Crippen molar-refractivity contribution in [3.63, 3.8) is 0 Å². The quantitative estimate of drug-likeness (QED) is 0.501. The van der Waals surface area contributed by atoms with Crippen molar-refractivity contribution in [3.8, 4) is 11.1 Å². The summed E-state index contributed by atoms with van der Waals surface area (Å²) < 4.78 is 78.5. The summed E-state index contributed by atoms with van der Waals surface area (Å²) in [5.74, 6) is 0. The molecular formula is C19H13F6. The lowest BCUT2D eigenvalue weighted by atomic mass is 9.92. The Balaban J connectivity index is 2.29. The molecule has 0 saturated carbocycles. The number of fused-ring (bicyclic) bond motifs is 1. The van der Waals surface area contributed by atoms with E-state index >= 15 is 0 Å². The van der Waals surface area contributed by atoms with Gasteiger partial charge >= 0.3 is 12.4 Å². The van der Waals surface area contributed by atoms with Crippen molar-refractivity contribution in [2.24, 2.45) is 0 Å². The summed E-state index contributed by atoms with van der Waals surface area (Å²) in [5.41, 5.74) is 0.727. The number of rotatable bonds is 1. The third-order valence-corrected chi connectivity index (χ3v) is 4.01. The smallest absolute Gasteiger partial charge is 0.166 e. The Morgan fingerprint density at radius 2 is 1.28 bits per heavy atom. The molecule has 2 aromatic carbocycles. The first kappa shape index (κ1) is 17.6. The van der Waals surface area contributed by atoms with Crippen molar-refractivity contribution < 1.29 is 26.3 Å². The van der Waals surface area contributed by atoms with Crippen LogP contribution in [0.5, 0.6) is 0 Å². The monoisotopic (exact) mass is 355 g/mol. The van der Waals surface area contributed by atoms with E-state index in [1.54, 1.807) is 19.1 Å². The number of hydrogen-bond acceptors (Lipinski definition) is 0. The van der Waals surface area contributed by atoms with E-state index in [4.69, 9.17) is 0 Å². The predicted octanol–water partition coefficient (Wildman–Crippen LogP) is 6.67. The van der Waals surface area contributed by atoms with Crippen LogP contribution in [0.15, 0.2) is 35.9 Å². The Morgan fingerprint density at radius 1 is 0.720 bits per heavy atom. The zero-order chi connectivity index (χ0) is 18.6. The topological polar surface area (TPSA) is 0 Å². The van der Waals surface area contributed by atoms with Gasteiger partial charge in [0.1, 0.15) is 0 Å². The van der Waals surface area contributed by atoms with Crippen molar-refractivity contribution in [3.05, 3.63) is 70.1 Å². The lowest BCUT2D eigenvalue weighted by Crippen LogP contribution is -2.11. The van der Waals surface area contributed by atoms with Gasteiger partial charge in [0.2, 0.25) is 0 Å². The molecule has 0 atom stereocenters. The Kier molecular flexibility index (Phi) is 3.97. The second-order valence-electron chi connectivity index (χ2n) is 6.14. The zero-order valence-corrected chi connectivity index (χ0v) is 13.3. The van der Waals surface area contributed by atoms with Gasteiger partial charge in [0.05, 0.1) is 11.1 Å². The molecule has 0 bridgehead atoms. The molecule has 0 amide bonds. The summed E-state index contributed by atoms with van der Waals surface area (Å²) in [6.07, 6.45) is -6.11. The molecule has 0 nitrogen and oxygen atoms in total. The molecule has 0 heterocycles. The Morgan fingerprint density at radius 3 is 1.80 bits per heavy atom. The molecule has 0 unspecified atom stereocenters. The minimum atomic E-state index is -4.86. The minimum absolute atomic E-state index is 0.0959. The van der Waals surface area contributed by atoms with E-state index in [1.807, 2.05) is 19.4 Å². The number of halogens is 6. The molecule has 1 aliphatic carbocycles. The van der Waals surface area contributed by atoms with E-state index in [1.165, 1.54) is 0 Å². The maximum atomic E-state index is 13.1. The maximum absolute atomic E-state index is 13.1. The van der Waals surface area contributed by atoms with Crippen LogP contribution in [-0.2, 0) is 12.4 Å². The number of benzene rings is 2. The summed E-state index contributed by atoms with van der Waals surface area (Å²) in [6, 6.07) is 5.14. The standard InChI is InChI=1S/C19H13F6/c1-10-3-12-4-11(2)6-17(16(12)5-10)13-7-14(18(20,21)22)9-15(8-13)19(23,24)25/h3-9H,1-2H3. The van der Waals surface area contributed by atoms with Gasteiger partial charge in [0, 0.05) is 6.42 Å². The van der Waals surface area contributed by atoms with Crippen molar-refractivity contribution in [1.82, 2.24) is 0 Å². The van der Waals surface area contributed by atoms with Crippen LogP contribution in [0.4, 0.5) is 26.3 Å². The van der Waals surface area contributed by atoms with Crippen molar-refractivity contribution >= 4 is 6.08 Å². The van der Waals surface area contributed by atoms with E-state index in [-0.39, 0.29) is 11.6 Å². The molecule has 1 radical (unpaired) electrons. The van der Waals surface area contributed by atoms with Gasteiger partial charge in [-0.1, -0.05) is 29.3 Å². The highest BCUT2D eigenvalue weighted by molar-refractivity contribution is 5.84. The van der Waals surface area contributed by atoms with Gasteiger partial charge in [0.15, 0.2) is 0 Å². The molecule has 25 heavy (non-hydrogen) atoms. The van der Waals surface area contributed by atoms with Gasteiger partial charge in [-0.3, -0.25) is 0 Å². The molecule has 3 rings (SSSR count). The van der Waals surface area contributed by atoms with Crippen molar-refractivity contribution in [1.29, 1.82) is 0 Å². The SMILES string of the molecule is CC1=Cc2c(cc(C)cc2-c2cc(C(F)(F)F)cc(C(F)(F)F)c2)[CH]1. The van der Waals surface area contributed by atoms with Gasteiger partial charge in [0.25, 0.3) is 0 Å². The molecule has 0 saturated heterocycles. The molecule has 0 N–H and O–H groups in total. The van der Waals surface area contributed by atoms with Crippen LogP contribution in [0.2, 0.25) is 0 Å². The zero-order valence-electron chi connectivity index (χ0n) is 13.3. The molecule has 0 spiro atoms. The summed E-state index contributed by atoms with van der Waals surface area (Å²) in [5, 5.41) is 0. The highest BCUT2D eigenvalue weighted by Gasteiger charge is 2.37. The van der Waals surface area contributed by atoms with Crippen LogP contribution < -0.4 is 0 Å². The summed E-state index contributed by atoms with van der Waals surface area (Å²) in [6.45, 7) is 3.58. The fourth-order valence-electron chi connectivity index (χ4n) is 2.97. The average Bonchev–Trinajstić information content (AvgIpc) is 2.84. The Labute approximate surface area is 140 Å². The molecule has 2 aromatic rings. The predicted molar refractivity (Wildman–Crippen MR) is 83.7 cm³/mol. The number of hydrogen-bond donors (Lipinski definition) is 0. The largest absolute Gasteiger partial charge is 0.416 e. The fraction of sp³-hybridized carbons (Fsp3) is 0.211. The summed E-state index contributed by atoms with van der Waals surface area (Å²) in [7, 11) is 0. The summed E-state index contributed by atoms with van der Waals surface area (Å²) >= 11 is 0. The van der Waals surface area contributed by atoms with Gasteiger partial charge in [-0.15, -0.1) is 0 Å². The first-order valence-electron chi connectivity index (χ1n) is 7.43. The molecule has 1 aliphatic rings. The van der Waals surface area contributed by atoms with Crippen LogP contribution in [-0.4, -0.2) is 0 Å². The summed E-state index contributed by atoms with van der Waals surface area (Å²) in [4.78, 5) is 0. The maximum Gasteiger partial charge on any atom is 0.416 e. The van der Waals surface area contributed by atoms with E-state index in [9.17, 15) is 26.3 Å².